The fraction of sp³-hybridized carbons (Fsp3) is 0.529. The lowest BCUT2D eigenvalue weighted by Gasteiger charge is -2.25. The topological polar surface area (TPSA) is 46.0 Å². The summed E-state index contributed by atoms with van der Waals surface area (Å²) in [5, 5.41) is 12.7. The van der Waals surface area contributed by atoms with Crippen LogP contribution in [0.25, 0.3) is 0 Å². The Morgan fingerprint density at radius 1 is 1.12 bits per heavy atom. The van der Waals surface area contributed by atoms with Crippen LogP contribution in [-0.2, 0) is 13.6 Å². The monoisotopic (exact) mass is 349 g/mol. The second kappa shape index (κ2) is 8.48. The van der Waals surface area contributed by atoms with Crippen LogP contribution in [0.1, 0.15) is 25.1 Å². The molecule has 0 aliphatic carbocycles. The third kappa shape index (κ3) is 4.70. The molecule has 2 aromatic rings. The molecule has 1 aliphatic heterocycles. The molecule has 0 amide bonds. The van der Waals surface area contributed by atoms with Gasteiger partial charge in [-0.1, -0.05) is 18.2 Å². The van der Waals surface area contributed by atoms with Gasteiger partial charge in [0.15, 0.2) is 11.0 Å². The Morgan fingerprint density at radius 3 is 2.62 bits per heavy atom. The van der Waals surface area contributed by atoms with Crippen LogP contribution in [0, 0.1) is 5.82 Å². The van der Waals surface area contributed by atoms with Gasteiger partial charge in [0.05, 0.1) is 6.54 Å². The predicted molar refractivity (Wildman–Crippen MR) is 95.7 cm³/mol. The molecule has 0 unspecified atom stereocenters. The van der Waals surface area contributed by atoms with Gasteiger partial charge < -0.3 is 14.8 Å². The fourth-order valence-electron chi connectivity index (χ4n) is 2.82. The molecule has 1 aliphatic rings. The van der Waals surface area contributed by atoms with Crippen molar-refractivity contribution in [2.24, 2.45) is 7.05 Å². The highest BCUT2D eigenvalue weighted by atomic mass is 32.2. The second-order valence-electron chi connectivity index (χ2n) is 6.07. The standard InChI is InChI=1S/C17H24FN5S/c1-22-16(13-19-15-7-5-14(18)6-8-15)20-21-17(22)24-12-11-23-9-3-2-4-10-23/h5-8,19H,2-4,9-13H2,1H3. The SMILES string of the molecule is Cn1c(CNc2ccc(F)cc2)nnc1SCCN1CCCCC1. The minimum atomic E-state index is -0.230. The number of aromatic nitrogens is 3. The minimum absolute atomic E-state index is 0.230. The molecule has 1 aromatic heterocycles. The Kier molecular flexibility index (Phi) is 6.09. The predicted octanol–water partition coefficient (Wildman–Crippen LogP) is 3.14. The van der Waals surface area contributed by atoms with E-state index in [1.165, 1.54) is 44.5 Å². The molecule has 2 heterocycles. The maximum Gasteiger partial charge on any atom is 0.191 e. The number of halogens is 1. The molecule has 0 bridgehead atoms. The molecule has 1 aromatic carbocycles. The normalized spacial score (nSPS) is 15.6. The van der Waals surface area contributed by atoms with Gasteiger partial charge in [-0.05, 0) is 50.2 Å². The maximum absolute atomic E-state index is 12.9. The van der Waals surface area contributed by atoms with Crippen molar-refractivity contribution in [3.8, 4) is 0 Å². The molecule has 1 fully saturated rings. The van der Waals surface area contributed by atoms with Crippen LogP contribution in [-0.4, -0.2) is 45.1 Å². The average Bonchev–Trinajstić information content (AvgIpc) is 2.96. The van der Waals surface area contributed by atoms with E-state index in [9.17, 15) is 4.39 Å². The van der Waals surface area contributed by atoms with Crippen molar-refractivity contribution in [3.63, 3.8) is 0 Å². The zero-order valence-corrected chi connectivity index (χ0v) is 14.9. The Bertz CT molecular complexity index is 637. The van der Waals surface area contributed by atoms with Gasteiger partial charge >= 0.3 is 0 Å². The number of benzene rings is 1. The average molecular weight is 349 g/mol. The molecule has 1 saturated heterocycles. The van der Waals surface area contributed by atoms with Crippen molar-refractivity contribution >= 4 is 17.4 Å². The van der Waals surface area contributed by atoms with E-state index >= 15 is 0 Å². The molecule has 3 rings (SSSR count). The quantitative estimate of drug-likeness (QED) is 0.778. The number of nitrogens with one attached hydrogen (secondary N) is 1. The van der Waals surface area contributed by atoms with Gasteiger partial charge in [0.25, 0.3) is 0 Å². The number of rotatable bonds is 7. The third-order valence-electron chi connectivity index (χ3n) is 4.31. The van der Waals surface area contributed by atoms with Crippen LogP contribution in [0.2, 0.25) is 0 Å². The van der Waals surface area contributed by atoms with Gasteiger partial charge in [0, 0.05) is 25.0 Å². The number of piperidine rings is 1. The molecule has 0 radical (unpaired) electrons. The summed E-state index contributed by atoms with van der Waals surface area (Å²) in [6.07, 6.45) is 4.03. The molecular formula is C17H24FN5S. The first-order chi connectivity index (χ1) is 11.7. The summed E-state index contributed by atoms with van der Waals surface area (Å²) >= 11 is 1.76. The lowest BCUT2D eigenvalue weighted by atomic mass is 10.1. The van der Waals surface area contributed by atoms with E-state index in [0.717, 1.165) is 29.0 Å². The van der Waals surface area contributed by atoms with Gasteiger partial charge in [-0.2, -0.15) is 0 Å². The number of anilines is 1. The molecule has 5 nitrogen and oxygen atoms in total. The zero-order chi connectivity index (χ0) is 16.8. The first-order valence-electron chi connectivity index (χ1n) is 8.45. The van der Waals surface area contributed by atoms with Crippen molar-refractivity contribution in [2.75, 3.05) is 30.7 Å². The molecule has 1 N–H and O–H groups in total. The number of hydrogen-bond donors (Lipinski definition) is 1. The number of nitrogens with zero attached hydrogens (tertiary/aromatic N) is 4. The minimum Gasteiger partial charge on any atom is -0.378 e. The number of hydrogen-bond acceptors (Lipinski definition) is 5. The van der Waals surface area contributed by atoms with Crippen molar-refractivity contribution < 1.29 is 4.39 Å². The molecule has 0 atom stereocenters. The number of thioether (sulfide) groups is 1. The van der Waals surface area contributed by atoms with E-state index in [4.69, 9.17) is 0 Å². The smallest absolute Gasteiger partial charge is 0.191 e. The Balaban J connectivity index is 1.47. The summed E-state index contributed by atoms with van der Waals surface area (Å²) in [5.41, 5.74) is 0.874. The highest BCUT2D eigenvalue weighted by molar-refractivity contribution is 7.99. The molecule has 130 valence electrons. The van der Waals surface area contributed by atoms with Gasteiger partial charge in [-0.15, -0.1) is 10.2 Å². The Morgan fingerprint density at radius 2 is 1.88 bits per heavy atom. The highest BCUT2D eigenvalue weighted by Crippen LogP contribution is 2.18. The first-order valence-corrected chi connectivity index (χ1v) is 9.44. The molecule has 24 heavy (non-hydrogen) atoms. The highest BCUT2D eigenvalue weighted by Gasteiger charge is 2.12. The van der Waals surface area contributed by atoms with Crippen molar-refractivity contribution in [3.05, 3.63) is 35.9 Å². The fourth-order valence-corrected chi connectivity index (χ4v) is 3.75. The third-order valence-corrected chi connectivity index (χ3v) is 5.31. The molecule has 7 heteroatoms. The van der Waals surface area contributed by atoms with Crippen LogP contribution in [0.4, 0.5) is 10.1 Å². The van der Waals surface area contributed by atoms with Crippen LogP contribution in [0.15, 0.2) is 29.4 Å². The van der Waals surface area contributed by atoms with E-state index in [0.29, 0.717) is 6.54 Å². The van der Waals surface area contributed by atoms with Crippen LogP contribution in [0.3, 0.4) is 0 Å². The Labute approximate surface area is 146 Å². The summed E-state index contributed by atoms with van der Waals surface area (Å²) in [4.78, 5) is 2.53. The van der Waals surface area contributed by atoms with Crippen molar-refractivity contribution in [2.45, 2.75) is 31.0 Å². The molecular weight excluding hydrogens is 325 g/mol. The summed E-state index contributed by atoms with van der Waals surface area (Å²) in [6.45, 7) is 4.14. The van der Waals surface area contributed by atoms with Gasteiger partial charge in [0.2, 0.25) is 0 Å². The van der Waals surface area contributed by atoms with Crippen LogP contribution < -0.4 is 5.32 Å². The van der Waals surface area contributed by atoms with E-state index in [2.05, 4.69) is 20.4 Å². The summed E-state index contributed by atoms with van der Waals surface area (Å²) in [7, 11) is 1.99. The first kappa shape index (κ1) is 17.2. The van der Waals surface area contributed by atoms with Crippen molar-refractivity contribution in [1.29, 1.82) is 0 Å². The summed E-state index contributed by atoms with van der Waals surface area (Å²) in [5.74, 6) is 1.68. The van der Waals surface area contributed by atoms with Crippen LogP contribution in [0.5, 0.6) is 0 Å². The second-order valence-corrected chi connectivity index (χ2v) is 7.13. The van der Waals surface area contributed by atoms with Crippen LogP contribution >= 0.6 is 11.8 Å². The lowest BCUT2D eigenvalue weighted by molar-refractivity contribution is 0.242. The lowest BCUT2D eigenvalue weighted by Crippen LogP contribution is -2.31. The summed E-state index contributed by atoms with van der Waals surface area (Å²) < 4.78 is 14.9. The summed E-state index contributed by atoms with van der Waals surface area (Å²) in [6, 6.07) is 6.34. The van der Waals surface area contributed by atoms with Crippen molar-refractivity contribution in [1.82, 2.24) is 19.7 Å². The van der Waals surface area contributed by atoms with E-state index in [-0.39, 0.29) is 5.82 Å². The number of likely N-dealkylation sites (tertiary alicyclic amines) is 1. The van der Waals surface area contributed by atoms with E-state index < -0.39 is 0 Å². The maximum atomic E-state index is 12.9. The Hall–Kier alpha value is -1.60. The van der Waals surface area contributed by atoms with E-state index in [1.54, 1.807) is 23.9 Å². The zero-order valence-electron chi connectivity index (χ0n) is 14.0. The van der Waals surface area contributed by atoms with Gasteiger partial charge in [-0.3, -0.25) is 0 Å². The molecule has 0 saturated carbocycles. The largest absolute Gasteiger partial charge is 0.378 e. The molecule has 0 spiro atoms. The van der Waals surface area contributed by atoms with Gasteiger partial charge in [0.1, 0.15) is 5.82 Å². The van der Waals surface area contributed by atoms with E-state index in [1.807, 2.05) is 11.6 Å². The van der Waals surface area contributed by atoms with Gasteiger partial charge in [-0.25, -0.2) is 4.39 Å².